The monoisotopic (exact) mass is 254 g/mol. The van der Waals surface area contributed by atoms with E-state index in [9.17, 15) is 4.79 Å². The molecule has 0 aromatic heterocycles. The fraction of sp³-hybridized carbons (Fsp3) is 0.800. The van der Waals surface area contributed by atoms with E-state index in [1.165, 1.54) is 44.1 Å². The van der Waals surface area contributed by atoms with Gasteiger partial charge >= 0.3 is 0 Å². The van der Waals surface area contributed by atoms with Gasteiger partial charge in [0.2, 0.25) is 5.91 Å². The Balaban J connectivity index is 3.30. The van der Waals surface area contributed by atoms with E-state index in [2.05, 4.69) is 18.8 Å². The maximum Gasteiger partial charge on any atom is 0.234 e. The summed E-state index contributed by atoms with van der Waals surface area (Å²) in [6, 6.07) is -0.155. The van der Waals surface area contributed by atoms with Crippen molar-refractivity contribution in [2.45, 2.75) is 70.8 Å². The first kappa shape index (κ1) is 17.2. The SMILES string of the molecule is C=C(CC)CCCCCCCCC(NC)C(N)=O. The lowest BCUT2D eigenvalue weighted by Gasteiger charge is -2.11. The molecule has 3 N–H and O–H groups in total. The van der Waals surface area contributed by atoms with Gasteiger partial charge in [-0.1, -0.05) is 51.2 Å². The predicted molar refractivity (Wildman–Crippen MR) is 78.4 cm³/mol. The molecule has 0 aromatic rings. The van der Waals surface area contributed by atoms with Crippen molar-refractivity contribution < 1.29 is 4.79 Å². The van der Waals surface area contributed by atoms with E-state index in [1.807, 2.05) is 0 Å². The van der Waals surface area contributed by atoms with Crippen molar-refractivity contribution in [2.75, 3.05) is 7.05 Å². The lowest BCUT2D eigenvalue weighted by molar-refractivity contribution is -0.120. The van der Waals surface area contributed by atoms with Gasteiger partial charge in [-0.25, -0.2) is 0 Å². The quantitative estimate of drug-likeness (QED) is 0.415. The highest BCUT2D eigenvalue weighted by Gasteiger charge is 2.10. The number of hydrogen-bond acceptors (Lipinski definition) is 2. The number of likely N-dealkylation sites (N-methyl/N-ethyl adjacent to an activating group) is 1. The van der Waals surface area contributed by atoms with Crippen molar-refractivity contribution in [3.8, 4) is 0 Å². The largest absolute Gasteiger partial charge is 0.368 e. The van der Waals surface area contributed by atoms with Gasteiger partial charge in [0.25, 0.3) is 0 Å². The molecule has 1 unspecified atom stereocenters. The van der Waals surface area contributed by atoms with Gasteiger partial charge in [0.05, 0.1) is 6.04 Å². The van der Waals surface area contributed by atoms with Crippen LogP contribution in [0, 0.1) is 0 Å². The Morgan fingerprint density at radius 2 is 1.72 bits per heavy atom. The molecule has 1 atom stereocenters. The van der Waals surface area contributed by atoms with Gasteiger partial charge in [0.15, 0.2) is 0 Å². The van der Waals surface area contributed by atoms with E-state index >= 15 is 0 Å². The first-order valence-electron chi connectivity index (χ1n) is 7.25. The molecule has 106 valence electrons. The number of nitrogens with one attached hydrogen (secondary N) is 1. The zero-order valence-electron chi connectivity index (χ0n) is 12.1. The summed E-state index contributed by atoms with van der Waals surface area (Å²) in [6.45, 7) is 6.18. The number of allylic oxidation sites excluding steroid dienone is 1. The summed E-state index contributed by atoms with van der Waals surface area (Å²) in [7, 11) is 1.79. The van der Waals surface area contributed by atoms with Gasteiger partial charge in [0, 0.05) is 0 Å². The molecule has 0 aliphatic rings. The van der Waals surface area contributed by atoms with E-state index in [0.29, 0.717) is 0 Å². The lowest BCUT2D eigenvalue weighted by atomic mass is 10.0. The van der Waals surface area contributed by atoms with Gasteiger partial charge < -0.3 is 11.1 Å². The minimum absolute atomic E-state index is 0.155. The zero-order valence-corrected chi connectivity index (χ0v) is 12.1. The van der Waals surface area contributed by atoms with Crippen molar-refractivity contribution in [3.63, 3.8) is 0 Å². The number of carbonyl (C=O) groups excluding carboxylic acids is 1. The molecule has 1 amide bonds. The van der Waals surface area contributed by atoms with E-state index in [4.69, 9.17) is 5.73 Å². The van der Waals surface area contributed by atoms with E-state index < -0.39 is 0 Å². The highest BCUT2D eigenvalue weighted by Crippen LogP contribution is 2.13. The Morgan fingerprint density at radius 1 is 1.17 bits per heavy atom. The second kappa shape index (κ2) is 11.3. The molecule has 0 fully saturated rings. The number of rotatable bonds is 12. The molecule has 0 aromatic carbocycles. The predicted octanol–water partition coefficient (Wildman–Crippen LogP) is 3.15. The summed E-state index contributed by atoms with van der Waals surface area (Å²) in [5.74, 6) is -0.240. The molecule has 0 bridgehead atoms. The maximum atomic E-state index is 11.0. The van der Waals surface area contributed by atoms with Crippen LogP contribution >= 0.6 is 0 Å². The summed E-state index contributed by atoms with van der Waals surface area (Å²) in [6.07, 6.45) is 10.5. The Bertz CT molecular complexity index is 239. The molecular formula is C15H30N2O. The van der Waals surface area contributed by atoms with Gasteiger partial charge in [-0.15, -0.1) is 0 Å². The van der Waals surface area contributed by atoms with E-state index in [0.717, 1.165) is 19.3 Å². The summed E-state index contributed by atoms with van der Waals surface area (Å²) in [5, 5.41) is 2.95. The van der Waals surface area contributed by atoms with Gasteiger partial charge in [-0.05, 0) is 32.7 Å². The summed E-state index contributed by atoms with van der Waals surface area (Å²) in [5.41, 5.74) is 6.63. The van der Waals surface area contributed by atoms with Crippen LogP contribution in [0.2, 0.25) is 0 Å². The van der Waals surface area contributed by atoms with Crippen molar-refractivity contribution >= 4 is 5.91 Å². The van der Waals surface area contributed by atoms with Crippen LogP contribution < -0.4 is 11.1 Å². The van der Waals surface area contributed by atoms with Crippen LogP contribution in [0.5, 0.6) is 0 Å². The molecule has 0 aliphatic heterocycles. The number of hydrogen-bond donors (Lipinski definition) is 2. The highest BCUT2D eigenvalue weighted by atomic mass is 16.1. The number of nitrogens with two attached hydrogens (primary N) is 1. The lowest BCUT2D eigenvalue weighted by Crippen LogP contribution is -2.38. The van der Waals surface area contributed by atoms with Gasteiger partial charge in [0.1, 0.15) is 0 Å². The van der Waals surface area contributed by atoms with Gasteiger partial charge in [-0.2, -0.15) is 0 Å². The fourth-order valence-electron chi connectivity index (χ4n) is 2.04. The number of unbranched alkanes of at least 4 members (excludes halogenated alkanes) is 5. The molecular weight excluding hydrogens is 224 g/mol. The molecule has 0 radical (unpaired) electrons. The number of amides is 1. The normalized spacial score (nSPS) is 12.3. The zero-order chi connectivity index (χ0) is 13.8. The van der Waals surface area contributed by atoms with Crippen LogP contribution in [0.15, 0.2) is 12.2 Å². The second-order valence-corrected chi connectivity index (χ2v) is 5.01. The smallest absolute Gasteiger partial charge is 0.234 e. The van der Waals surface area contributed by atoms with Crippen molar-refractivity contribution in [1.82, 2.24) is 5.32 Å². The third-order valence-electron chi connectivity index (χ3n) is 3.47. The van der Waals surface area contributed by atoms with Crippen LogP contribution in [0.25, 0.3) is 0 Å². The summed E-state index contributed by atoms with van der Waals surface area (Å²) in [4.78, 5) is 11.0. The minimum atomic E-state index is -0.240. The molecule has 0 aliphatic carbocycles. The maximum absolute atomic E-state index is 11.0. The third kappa shape index (κ3) is 9.23. The van der Waals surface area contributed by atoms with Crippen LogP contribution in [-0.4, -0.2) is 19.0 Å². The average molecular weight is 254 g/mol. The van der Waals surface area contributed by atoms with Crippen molar-refractivity contribution in [3.05, 3.63) is 12.2 Å². The van der Waals surface area contributed by atoms with Crippen molar-refractivity contribution in [1.29, 1.82) is 0 Å². The van der Waals surface area contributed by atoms with Crippen LogP contribution in [0.4, 0.5) is 0 Å². The Kier molecular flexibility index (Phi) is 10.8. The standard InChI is InChI=1S/C15H30N2O/c1-4-13(2)11-9-7-5-6-8-10-12-14(17-3)15(16)18/h14,17H,2,4-12H2,1,3H3,(H2,16,18). The Labute approximate surface area is 112 Å². The number of carbonyl (C=O) groups is 1. The average Bonchev–Trinajstić information content (AvgIpc) is 2.36. The summed E-state index contributed by atoms with van der Waals surface area (Å²) >= 11 is 0. The molecule has 3 heteroatoms. The highest BCUT2D eigenvalue weighted by molar-refractivity contribution is 5.79. The Morgan fingerprint density at radius 3 is 2.22 bits per heavy atom. The molecule has 0 saturated heterocycles. The third-order valence-corrected chi connectivity index (χ3v) is 3.47. The van der Waals surface area contributed by atoms with Crippen LogP contribution in [0.3, 0.4) is 0 Å². The first-order valence-corrected chi connectivity index (χ1v) is 7.25. The minimum Gasteiger partial charge on any atom is -0.368 e. The van der Waals surface area contributed by atoms with Crippen LogP contribution in [-0.2, 0) is 4.79 Å². The molecule has 0 heterocycles. The first-order chi connectivity index (χ1) is 8.61. The fourth-order valence-corrected chi connectivity index (χ4v) is 2.04. The van der Waals surface area contributed by atoms with Crippen LogP contribution in [0.1, 0.15) is 64.7 Å². The molecule has 0 rings (SSSR count). The molecule has 0 saturated carbocycles. The Hall–Kier alpha value is -0.830. The second-order valence-electron chi connectivity index (χ2n) is 5.01. The topological polar surface area (TPSA) is 55.1 Å². The van der Waals surface area contributed by atoms with E-state index in [1.54, 1.807) is 7.05 Å². The molecule has 0 spiro atoms. The van der Waals surface area contributed by atoms with Crippen molar-refractivity contribution in [2.24, 2.45) is 5.73 Å². The van der Waals surface area contributed by atoms with E-state index in [-0.39, 0.29) is 11.9 Å². The molecule has 3 nitrogen and oxygen atoms in total. The molecule has 18 heavy (non-hydrogen) atoms. The van der Waals surface area contributed by atoms with Gasteiger partial charge in [-0.3, -0.25) is 4.79 Å². The summed E-state index contributed by atoms with van der Waals surface area (Å²) < 4.78 is 0. The number of primary amides is 1.